The van der Waals surface area contributed by atoms with Gasteiger partial charge in [-0.05, 0) is 6.07 Å². The standard InChI is InChI=1S/C15H15BO3/c1-16-10-3-5-12-11-4-2-9(13(18)8-17)6-14(11)19-15(12)7-10/h2-5,7,14,16-17H,6,8H2,1H3. The zero-order valence-electron chi connectivity index (χ0n) is 10.8. The third-order valence-corrected chi connectivity index (χ3v) is 3.75. The first-order valence-corrected chi connectivity index (χ1v) is 6.57. The Morgan fingerprint density at radius 2 is 2.32 bits per heavy atom. The maximum absolute atomic E-state index is 11.5. The minimum absolute atomic E-state index is 0.0855. The summed E-state index contributed by atoms with van der Waals surface area (Å²) in [7, 11) is 0.979. The molecule has 4 heteroatoms. The Bertz CT molecular complexity index is 601. The van der Waals surface area contributed by atoms with E-state index < -0.39 is 6.61 Å². The van der Waals surface area contributed by atoms with Crippen LogP contribution in [0.5, 0.6) is 5.75 Å². The monoisotopic (exact) mass is 254 g/mol. The molecule has 0 amide bonds. The van der Waals surface area contributed by atoms with Crippen molar-refractivity contribution < 1.29 is 14.6 Å². The van der Waals surface area contributed by atoms with Gasteiger partial charge in [-0.2, -0.15) is 0 Å². The number of Topliss-reactive ketones (excluding diaryl/α,β-unsaturated/α-hetero) is 1. The summed E-state index contributed by atoms with van der Waals surface area (Å²) in [6.07, 6.45) is 4.20. The highest BCUT2D eigenvalue weighted by Gasteiger charge is 2.32. The van der Waals surface area contributed by atoms with Crippen molar-refractivity contribution in [3.63, 3.8) is 0 Å². The lowest BCUT2D eigenvalue weighted by molar-refractivity contribution is -0.118. The highest BCUT2D eigenvalue weighted by Crippen LogP contribution is 2.41. The summed E-state index contributed by atoms with van der Waals surface area (Å²) < 4.78 is 5.94. The molecule has 2 aliphatic rings. The number of carbonyl (C=O) groups excluding carboxylic acids is 1. The van der Waals surface area contributed by atoms with Crippen molar-refractivity contribution in [3.8, 4) is 5.75 Å². The summed E-state index contributed by atoms with van der Waals surface area (Å²) >= 11 is 0. The molecule has 1 aromatic rings. The first-order chi connectivity index (χ1) is 9.22. The van der Waals surface area contributed by atoms with Crippen molar-refractivity contribution in [1.82, 2.24) is 0 Å². The molecule has 0 bridgehead atoms. The predicted octanol–water partition coefficient (Wildman–Crippen LogP) is 0.832. The molecule has 0 saturated carbocycles. The summed E-state index contributed by atoms with van der Waals surface area (Å²) in [5.41, 5.74) is 4.14. The Labute approximate surface area is 112 Å². The van der Waals surface area contributed by atoms with Crippen LogP contribution in [0.1, 0.15) is 12.0 Å². The summed E-state index contributed by atoms with van der Waals surface area (Å²) in [5, 5.41) is 8.92. The maximum Gasteiger partial charge on any atom is 0.184 e. The van der Waals surface area contributed by atoms with Crippen LogP contribution in [0.2, 0.25) is 6.82 Å². The van der Waals surface area contributed by atoms with Gasteiger partial charge in [-0.15, -0.1) is 0 Å². The second kappa shape index (κ2) is 4.70. The van der Waals surface area contributed by atoms with Gasteiger partial charge in [-0.25, -0.2) is 0 Å². The minimum Gasteiger partial charge on any atom is -0.485 e. The first-order valence-electron chi connectivity index (χ1n) is 6.57. The van der Waals surface area contributed by atoms with Crippen LogP contribution < -0.4 is 10.2 Å². The summed E-state index contributed by atoms with van der Waals surface area (Å²) in [4.78, 5) is 11.5. The van der Waals surface area contributed by atoms with Crippen LogP contribution in [-0.2, 0) is 4.79 Å². The number of ketones is 1. The second-order valence-electron chi connectivity index (χ2n) is 4.89. The van der Waals surface area contributed by atoms with Gasteiger partial charge in [0, 0.05) is 23.1 Å². The van der Waals surface area contributed by atoms with Crippen LogP contribution in [0.25, 0.3) is 5.57 Å². The fraction of sp³-hybridized carbons (Fsp3) is 0.267. The number of aliphatic hydroxyl groups excluding tert-OH is 1. The number of fused-ring (bicyclic) bond motifs is 3. The van der Waals surface area contributed by atoms with Crippen molar-refractivity contribution in [1.29, 1.82) is 0 Å². The van der Waals surface area contributed by atoms with Gasteiger partial charge >= 0.3 is 0 Å². The third-order valence-electron chi connectivity index (χ3n) is 3.75. The normalized spacial score (nSPS) is 19.8. The fourth-order valence-corrected chi connectivity index (χ4v) is 2.63. The van der Waals surface area contributed by atoms with Crippen molar-refractivity contribution in [3.05, 3.63) is 41.5 Å². The van der Waals surface area contributed by atoms with Gasteiger partial charge in [0.25, 0.3) is 0 Å². The van der Waals surface area contributed by atoms with E-state index in [4.69, 9.17) is 9.84 Å². The molecule has 0 fully saturated rings. The van der Waals surface area contributed by atoms with E-state index >= 15 is 0 Å². The Morgan fingerprint density at radius 3 is 3.05 bits per heavy atom. The number of rotatable bonds is 3. The van der Waals surface area contributed by atoms with Crippen molar-refractivity contribution in [2.75, 3.05) is 6.61 Å². The molecule has 1 aliphatic carbocycles. The largest absolute Gasteiger partial charge is 0.485 e. The van der Waals surface area contributed by atoms with E-state index in [2.05, 4.69) is 25.0 Å². The number of benzene rings is 1. The van der Waals surface area contributed by atoms with E-state index in [-0.39, 0.29) is 11.9 Å². The van der Waals surface area contributed by atoms with E-state index in [1.807, 2.05) is 6.08 Å². The molecule has 0 saturated heterocycles. The van der Waals surface area contributed by atoms with Gasteiger partial charge < -0.3 is 9.84 Å². The molecular formula is C15H15BO3. The molecule has 96 valence electrons. The van der Waals surface area contributed by atoms with Gasteiger partial charge in [0.15, 0.2) is 13.1 Å². The van der Waals surface area contributed by atoms with E-state index in [0.717, 1.165) is 24.2 Å². The smallest absolute Gasteiger partial charge is 0.184 e. The SMILES string of the molecule is CBc1ccc2c(c1)OC1CC(C(=O)CO)=CC=C21. The first kappa shape index (κ1) is 12.2. The molecule has 3 rings (SSSR count). The van der Waals surface area contributed by atoms with Crippen LogP contribution >= 0.6 is 0 Å². The molecule has 0 aromatic heterocycles. The van der Waals surface area contributed by atoms with E-state index in [0.29, 0.717) is 12.0 Å². The molecule has 1 N–H and O–H groups in total. The minimum atomic E-state index is -0.436. The summed E-state index contributed by atoms with van der Waals surface area (Å²) in [6.45, 7) is 1.68. The molecule has 1 atom stereocenters. The Kier molecular flexibility index (Phi) is 3.03. The lowest BCUT2D eigenvalue weighted by Crippen LogP contribution is -2.20. The number of allylic oxidation sites excluding steroid dienone is 2. The Morgan fingerprint density at radius 1 is 1.47 bits per heavy atom. The second-order valence-corrected chi connectivity index (χ2v) is 4.89. The van der Waals surface area contributed by atoms with Crippen molar-refractivity contribution in [2.45, 2.75) is 19.3 Å². The number of aliphatic hydroxyl groups is 1. The Hall–Kier alpha value is -1.81. The number of ether oxygens (including phenoxy) is 1. The van der Waals surface area contributed by atoms with Gasteiger partial charge in [-0.3, -0.25) is 4.79 Å². The molecule has 1 heterocycles. The van der Waals surface area contributed by atoms with Crippen LogP contribution in [-0.4, -0.2) is 30.9 Å². The van der Waals surface area contributed by atoms with Crippen LogP contribution in [0.15, 0.2) is 35.9 Å². The quantitative estimate of drug-likeness (QED) is 0.813. The van der Waals surface area contributed by atoms with Gasteiger partial charge in [0.2, 0.25) is 0 Å². The predicted molar refractivity (Wildman–Crippen MR) is 76.3 cm³/mol. The average molecular weight is 254 g/mol. The van der Waals surface area contributed by atoms with Crippen LogP contribution in [0.4, 0.5) is 0 Å². The van der Waals surface area contributed by atoms with Crippen molar-refractivity contribution >= 4 is 24.1 Å². The lowest BCUT2D eigenvalue weighted by atomic mass is 9.73. The molecule has 1 aromatic carbocycles. The molecule has 0 radical (unpaired) electrons. The van der Waals surface area contributed by atoms with Gasteiger partial charge in [-0.1, -0.05) is 36.6 Å². The number of hydrogen-bond acceptors (Lipinski definition) is 3. The van der Waals surface area contributed by atoms with E-state index in [1.165, 1.54) is 5.46 Å². The molecule has 1 aliphatic heterocycles. The molecule has 0 spiro atoms. The zero-order valence-corrected chi connectivity index (χ0v) is 10.8. The van der Waals surface area contributed by atoms with Crippen LogP contribution in [0.3, 0.4) is 0 Å². The van der Waals surface area contributed by atoms with E-state index in [1.54, 1.807) is 6.08 Å². The summed E-state index contributed by atoms with van der Waals surface area (Å²) in [6, 6.07) is 6.28. The topological polar surface area (TPSA) is 46.5 Å². The molecule has 3 nitrogen and oxygen atoms in total. The van der Waals surface area contributed by atoms with E-state index in [9.17, 15) is 4.79 Å². The number of hydrogen-bond donors (Lipinski definition) is 1. The molecular weight excluding hydrogens is 239 g/mol. The fourth-order valence-electron chi connectivity index (χ4n) is 2.63. The third kappa shape index (κ3) is 2.02. The number of carbonyl (C=O) groups is 1. The summed E-state index contributed by atoms with van der Waals surface area (Å²) in [5.74, 6) is 0.686. The van der Waals surface area contributed by atoms with Gasteiger partial charge in [0.1, 0.15) is 18.5 Å². The zero-order chi connectivity index (χ0) is 13.4. The highest BCUT2D eigenvalue weighted by molar-refractivity contribution is 6.52. The van der Waals surface area contributed by atoms with Crippen LogP contribution in [0, 0.1) is 0 Å². The molecule has 19 heavy (non-hydrogen) atoms. The van der Waals surface area contributed by atoms with Gasteiger partial charge in [0.05, 0.1) is 0 Å². The lowest BCUT2D eigenvalue weighted by Gasteiger charge is -2.17. The molecule has 1 unspecified atom stereocenters. The Balaban J connectivity index is 1.95. The highest BCUT2D eigenvalue weighted by atomic mass is 16.5. The van der Waals surface area contributed by atoms with Crippen molar-refractivity contribution in [2.24, 2.45) is 0 Å². The maximum atomic E-state index is 11.5. The average Bonchev–Trinajstić information content (AvgIpc) is 2.82.